The highest BCUT2D eigenvalue weighted by atomic mass is 16.2. The van der Waals surface area contributed by atoms with Crippen LogP contribution in [-0.4, -0.2) is 33.8 Å². The maximum Gasteiger partial charge on any atom is 0.253 e. The van der Waals surface area contributed by atoms with E-state index in [1.54, 1.807) is 23.1 Å². The summed E-state index contributed by atoms with van der Waals surface area (Å²) >= 11 is 0. The summed E-state index contributed by atoms with van der Waals surface area (Å²) in [7, 11) is 0. The van der Waals surface area contributed by atoms with Crippen molar-refractivity contribution in [2.75, 3.05) is 18.4 Å². The molecule has 3 rings (SSSR count). The molecular formula is C14H17N5O. The fourth-order valence-electron chi connectivity index (χ4n) is 2.59. The van der Waals surface area contributed by atoms with Crippen molar-refractivity contribution in [1.29, 1.82) is 0 Å². The molecule has 0 bridgehead atoms. The second-order valence-corrected chi connectivity index (χ2v) is 4.90. The van der Waals surface area contributed by atoms with Crippen molar-refractivity contribution in [3.8, 4) is 0 Å². The number of rotatable bonds is 3. The molecule has 0 aromatic carbocycles. The lowest BCUT2D eigenvalue weighted by Crippen LogP contribution is -2.52. The predicted molar refractivity (Wildman–Crippen MR) is 75.2 cm³/mol. The molecule has 0 spiro atoms. The van der Waals surface area contributed by atoms with Crippen LogP contribution < -0.4 is 10.6 Å². The fourth-order valence-corrected chi connectivity index (χ4v) is 2.59. The molecule has 1 aliphatic heterocycles. The van der Waals surface area contributed by atoms with Crippen LogP contribution in [0.15, 0.2) is 42.9 Å². The molecule has 0 saturated carbocycles. The summed E-state index contributed by atoms with van der Waals surface area (Å²) in [5, 5.41) is 10.5. The number of hydrogen-bond donors (Lipinski definition) is 2. The molecule has 104 valence electrons. The van der Waals surface area contributed by atoms with Crippen LogP contribution >= 0.6 is 0 Å². The van der Waals surface area contributed by atoms with Crippen molar-refractivity contribution < 1.29 is 4.79 Å². The molecule has 0 radical (unpaired) electrons. The molecule has 2 aromatic heterocycles. The number of pyridine rings is 1. The Morgan fingerprint density at radius 3 is 2.75 bits per heavy atom. The van der Waals surface area contributed by atoms with Crippen LogP contribution in [0.25, 0.3) is 0 Å². The first-order valence-electron chi connectivity index (χ1n) is 6.75. The molecular weight excluding hydrogens is 254 g/mol. The first kappa shape index (κ1) is 12.8. The standard InChI is InChI=1S/C14H17N5O/c20-13(18-12-4-1-2-7-16-12)14(5-9-15-10-6-14)19-11-3-8-17-19/h1-4,7-8,11,15H,5-6,9-10H2,(H,16,18,20). The summed E-state index contributed by atoms with van der Waals surface area (Å²) < 4.78 is 1.77. The van der Waals surface area contributed by atoms with Crippen LogP contribution in [0.2, 0.25) is 0 Å². The Morgan fingerprint density at radius 2 is 2.10 bits per heavy atom. The molecule has 6 nitrogen and oxygen atoms in total. The highest BCUT2D eigenvalue weighted by Crippen LogP contribution is 2.28. The SMILES string of the molecule is O=C(Nc1ccccn1)C1(n2cccn2)CCNCC1. The topological polar surface area (TPSA) is 71.8 Å². The second kappa shape index (κ2) is 5.42. The van der Waals surface area contributed by atoms with Gasteiger partial charge in [0, 0.05) is 18.6 Å². The van der Waals surface area contributed by atoms with Crippen LogP contribution in [0.5, 0.6) is 0 Å². The van der Waals surface area contributed by atoms with Gasteiger partial charge in [0.2, 0.25) is 0 Å². The van der Waals surface area contributed by atoms with Gasteiger partial charge in [0.05, 0.1) is 0 Å². The molecule has 2 aromatic rings. The second-order valence-electron chi connectivity index (χ2n) is 4.90. The van der Waals surface area contributed by atoms with Crippen molar-refractivity contribution in [1.82, 2.24) is 20.1 Å². The average Bonchev–Trinajstić information content (AvgIpc) is 3.04. The van der Waals surface area contributed by atoms with Crippen molar-refractivity contribution >= 4 is 11.7 Å². The van der Waals surface area contributed by atoms with Gasteiger partial charge in [-0.25, -0.2) is 4.98 Å². The Labute approximate surface area is 117 Å². The van der Waals surface area contributed by atoms with E-state index in [0.717, 1.165) is 13.1 Å². The summed E-state index contributed by atoms with van der Waals surface area (Å²) in [6.07, 6.45) is 6.65. The largest absolute Gasteiger partial charge is 0.317 e. The minimum Gasteiger partial charge on any atom is -0.317 e. The number of hydrogen-bond acceptors (Lipinski definition) is 4. The number of nitrogens with zero attached hydrogens (tertiary/aromatic N) is 3. The Balaban J connectivity index is 1.88. The lowest BCUT2D eigenvalue weighted by Gasteiger charge is -2.36. The van der Waals surface area contributed by atoms with E-state index in [1.165, 1.54) is 0 Å². The molecule has 2 N–H and O–H groups in total. The monoisotopic (exact) mass is 271 g/mol. The highest BCUT2D eigenvalue weighted by molar-refractivity contribution is 5.96. The van der Waals surface area contributed by atoms with Crippen LogP contribution in [0.4, 0.5) is 5.82 Å². The van der Waals surface area contributed by atoms with Gasteiger partial charge >= 0.3 is 0 Å². The highest BCUT2D eigenvalue weighted by Gasteiger charge is 2.42. The van der Waals surface area contributed by atoms with Gasteiger partial charge in [0.1, 0.15) is 11.4 Å². The molecule has 1 fully saturated rings. The number of carbonyl (C=O) groups is 1. The zero-order chi connectivity index (χ0) is 13.8. The van der Waals surface area contributed by atoms with Gasteiger partial charge in [-0.2, -0.15) is 5.10 Å². The number of carbonyl (C=O) groups excluding carboxylic acids is 1. The quantitative estimate of drug-likeness (QED) is 0.873. The zero-order valence-electron chi connectivity index (χ0n) is 11.1. The van der Waals surface area contributed by atoms with Crippen molar-refractivity contribution in [2.45, 2.75) is 18.4 Å². The molecule has 3 heterocycles. The van der Waals surface area contributed by atoms with Crippen molar-refractivity contribution in [3.63, 3.8) is 0 Å². The number of aromatic nitrogens is 3. The summed E-state index contributed by atoms with van der Waals surface area (Å²) in [5.41, 5.74) is -0.633. The van der Waals surface area contributed by atoms with Gasteiger partial charge in [-0.05, 0) is 44.1 Å². The predicted octanol–water partition coefficient (Wildman–Crippen LogP) is 0.995. The van der Waals surface area contributed by atoms with Gasteiger partial charge in [-0.1, -0.05) is 6.07 Å². The Kier molecular flexibility index (Phi) is 3.47. The van der Waals surface area contributed by atoms with E-state index in [-0.39, 0.29) is 5.91 Å². The average molecular weight is 271 g/mol. The molecule has 0 aliphatic carbocycles. The third-order valence-corrected chi connectivity index (χ3v) is 3.70. The van der Waals surface area contributed by atoms with Crippen LogP contribution in [-0.2, 0) is 10.3 Å². The van der Waals surface area contributed by atoms with E-state index in [9.17, 15) is 4.79 Å². The number of anilines is 1. The van der Waals surface area contributed by atoms with E-state index in [4.69, 9.17) is 0 Å². The number of amides is 1. The zero-order valence-corrected chi connectivity index (χ0v) is 11.1. The first-order chi connectivity index (χ1) is 9.81. The molecule has 1 amide bonds. The van der Waals surface area contributed by atoms with Crippen LogP contribution in [0.3, 0.4) is 0 Å². The maximum absolute atomic E-state index is 12.7. The Bertz CT molecular complexity index is 561. The van der Waals surface area contributed by atoms with E-state index in [0.29, 0.717) is 18.7 Å². The molecule has 6 heteroatoms. The lowest BCUT2D eigenvalue weighted by molar-refractivity contribution is -0.126. The van der Waals surface area contributed by atoms with Gasteiger partial charge in [-0.3, -0.25) is 9.48 Å². The van der Waals surface area contributed by atoms with Crippen molar-refractivity contribution in [2.24, 2.45) is 0 Å². The normalized spacial score (nSPS) is 17.6. The minimum atomic E-state index is -0.633. The first-order valence-corrected chi connectivity index (χ1v) is 6.75. The van der Waals surface area contributed by atoms with Gasteiger partial charge < -0.3 is 10.6 Å². The third kappa shape index (κ3) is 2.30. The van der Waals surface area contributed by atoms with Crippen LogP contribution in [0, 0.1) is 0 Å². The number of piperidine rings is 1. The molecule has 1 aliphatic rings. The lowest BCUT2D eigenvalue weighted by atomic mass is 9.87. The maximum atomic E-state index is 12.7. The number of nitrogens with one attached hydrogen (secondary N) is 2. The van der Waals surface area contributed by atoms with E-state index in [1.807, 2.05) is 24.4 Å². The smallest absolute Gasteiger partial charge is 0.253 e. The van der Waals surface area contributed by atoms with E-state index in [2.05, 4.69) is 20.7 Å². The summed E-state index contributed by atoms with van der Waals surface area (Å²) in [4.78, 5) is 16.9. The molecule has 0 atom stereocenters. The van der Waals surface area contributed by atoms with E-state index >= 15 is 0 Å². The molecule has 20 heavy (non-hydrogen) atoms. The summed E-state index contributed by atoms with van der Waals surface area (Å²) in [6.45, 7) is 1.60. The molecule has 1 saturated heterocycles. The fraction of sp³-hybridized carbons (Fsp3) is 0.357. The van der Waals surface area contributed by atoms with Crippen LogP contribution in [0.1, 0.15) is 12.8 Å². The van der Waals surface area contributed by atoms with Gasteiger partial charge in [0.25, 0.3) is 5.91 Å². The summed E-state index contributed by atoms with van der Waals surface area (Å²) in [5.74, 6) is 0.518. The van der Waals surface area contributed by atoms with E-state index < -0.39 is 5.54 Å². The van der Waals surface area contributed by atoms with Crippen molar-refractivity contribution in [3.05, 3.63) is 42.9 Å². The Hall–Kier alpha value is -2.21. The molecule has 0 unspecified atom stereocenters. The Morgan fingerprint density at radius 1 is 1.25 bits per heavy atom. The van der Waals surface area contributed by atoms with Gasteiger partial charge in [-0.15, -0.1) is 0 Å². The van der Waals surface area contributed by atoms with Gasteiger partial charge in [0.15, 0.2) is 0 Å². The minimum absolute atomic E-state index is 0.0543. The summed E-state index contributed by atoms with van der Waals surface area (Å²) in [6, 6.07) is 7.31. The third-order valence-electron chi connectivity index (χ3n) is 3.70.